The maximum absolute atomic E-state index is 11.4. The van der Waals surface area contributed by atoms with Crippen molar-refractivity contribution in [3.63, 3.8) is 0 Å². The van der Waals surface area contributed by atoms with Crippen molar-refractivity contribution >= 4 is 21.4 Å². The summed E-state index contributed by atoms with van der Waals surface area (Å²) < 4.78 is 28.3. The van der Waals surface area contributed by atoms with Gasteiger partial charge in [-0.25, -0.2) is 8.42 Å². The molecule has 0 fully saturated rings. The molecule has 0 unspecified atom stereocenters. The molecule has 2 rings (SSSR count). The molecule has 0 amide bonds. The number of halogens is 1. The molecule has 0 bridgehead atoms. The zero-order chi connectivity index (χ0) is 14.8. The van der Waals surface area contributed by atoms with E-state index in [-0.39, 0.29) is 11.5 Å². The van der Waals surface area contributed by atoms with Gasteiger partial charge >= 0.3 is 0 Å². The first-order valence-electron chi connectivity index (χ1n) is 5.77. The van der Waals surface area contributed by atoms with Gasteiger partial charge in [0.25, 0.3) is 0 Å². The summed E-state index contributed by atoms with van der Waals surface area (Å²) in [5, 5.41) is 9.76. The van der Waals surface area contributed by atoms with Crippen molar-refractivity contribution in [2.75, 3.05) is 6.26 Å². The van der Waals surface area contributed by atoms with Gasteiger partial charge in [-0.1, -0.05) is 11.6 Å². The van der Waals surface area contributed by atoms with Gasteiger partial charge in [-0.3, -0.25) is 0 Å². The summed E-state index contributed by atoms with van der Waals surface area (Å²) in [6.07, 6.45) is 1.14. The molecular formula is C14H13ClO4S. The fourth-order valence-electron chi connectivity index (χ4n) is 1.65. The highest BCUT2D eigenvalue weighted by atomic mass is 35.5. The summed E-state index contributed by atoms with van der Waals surface area (Å²) in [5.74, 6) is 0.957. The van der Waals surface area contributed by atoms with E-state index in [2.05, 4.69) is 0 Å². The number of hydrogen-bond acceptors (Lipinski definition) is 4. The molecule has 106 valence electrons. The van der Waals surface area contributed by atoms with Crippen LogP contribution in [0, 0.1) is 0 Å². The molecule has 0 saturated heterocycles. The third-order valence-electron chi connectivity index (χ3n) is 2.67. The monoisotopic (exact) mass is 312 g/mol. The third-order valence-corrected chi connectivity index (χ3v) is 4.04. The minimum atomic E-state index is -3.22. The lowest BCUT2D eigenvalue weighted by molar-refractivity contribution is 0.276. The zero-order valence-electron chi connectivity index (χ0n) is 10.7. The van der Waals surface area contributed by atoms with Gasteiger partial charge in [-0.15, -0.1) is 0 Å². The maximum Gasteiger partial charge on any atom is 0.175 e. The number of aliphatic hydroxyl groups is 1. The standard InChI is InChI=1S/C14H13ClO4S/c1-20(17,18)13-5-3-12(4-6-13)19-14-7-2-11(15)8-10(14)9-16/h2-8,16H,9H2,1H3. The SMILES string of the molecule is CS(=O)(=O)c1ccc(Oc2ccc(Cl)cc2CO)cc1. The van der Waals surface area contributed by atoms with Gasteiger partial charge in [0.2, 0.25) is 0 Å². The number of sulfone groups is 1. The quantitative estimate of drug-likeness (QED) is 0.942. The molecule has 0 heterocycles. The van der Waals surface area contributed by atoms with E-state index in [1.165, 1.54) is 12.1 Å². The smallest absolute Gasteiger partial charge is 0.175 e. The average molecular weight is 313 g/mol. The highest BCUT2D eigenvalue weighted by molar-refractivity contribution is 7.90. The minimum Gasteiger partial charge on any atom is -0.457 e. The largest absolute Gasteiger partial charge is 0.457 e. The van der Waals surface area contributed by atoms with Crippen molar-refractivity contribution in [3.8, 4) is 11.5 Å². The Balaban J connectivity index is 2.27. The molecule has 0 aliphatic rings. The fourth-order valence-corrected chi connectivity index (χ4v) is 2.48. The molecule has 4 nitrogen and oxygen atoms in total. The second-order valence-corrected chi connectivity index (χ2v) is 6.71. The van der Waals surface area contributed by atoms with Gasteiger partial charge in [0, 0.05) is 16.8 Å². The van der Waals surface area contributed by atoms with E-state index < -0.39 is 9.84 Å². The molecule has 0 aliphatic heterocycles. The molecular weight excluding hydrogens is 300 g/mol. The number of ether oxygens (including phenoxy) is 1. The van der Waals surface area contributed by atoms with Gasteiger partial charge in [-0.2, -0.15) is 0 Å². The van der Waals surface area contributed by atoms with Crippen LogP contribution in [-0.4, -0.2) is 19.8 Å². The Labute approximate surface area is 122 Å². The summed E-state index contributed by atoms with van der Waals surface area (Å²) in [5.41, 5.74) is 0.560. The molecule has 0 radical (unpaired) electrons. The normalized spacial score (nSPS) is 11.3. The van der Waals surface area contributed by atoms with Gasteiger partial charge in [0.05, 0.1) is 11.5 Å². The Hall–Kier alpha value is -1.56. The van der Waals surface area contributed by atoms with E-state index in [4.69, 9.17) is 16.3 Å². The van der Waals surface area contributed by atoms with E-state index in [0.717, 1.165) is 6.26 Å². The van der Waals surface area contributed by atoms with Crippen molar-refractivity contribution in [1.82, 2.24) is 0 Å². The lowest BCUT2D eigenvalue weighted by Crippen LogP contribution is -1.97. The van der Waals surface area contributed by atoms with Crippen LogP contribution in [0.3, 0.4) is 0 Å². The van der Waals surface area contributed by atoms with Crippen molar-refractivity contribution in [1.29, 1.82) is 0 Å². The van der Waals surface area contributed by atoms with Gasteiger partial charge in [0.15, 0.2) is 9.84 Å². The predicted octanol–water partition coefficient (Wildman–Crippen LogP) is 3.03. The molecule has 0 saturated carbocycles. The number of hydrogen-bond donors (Lipinski definition) is 1. The van der Waals surface area contributed by atoms with E-state index >= 15 is 0 Å². The molecule has 6 heteroatoms. The van der Waals surface area contributed by atoms with E-state index in [1.54, 1.807) is 30.3 Å². The second-order valence-electron chi connectivity index (χ2n) is 4.26. The lowest BCUT2D eigenvalue weighted by Gasteiger charge is -2.10. The van der Waals surface area contributed by atoms with E-state index in [1.807, 2.05) is 0 Å². The Morgan fingerprint density at radius 2 is 1.80 bits per heavy atom. The topological polar surface area (TPSA) is 63.6 Å². The second kappa shape index (κ2) is 5.83. The van der Waals surface area contributed by atoms with Gasteiger partial charge in [0.1, 0.15) is 11.5 Å². The lowest BCUT2D eigenvalue weighted by atomic mass is 10.2. The maximum atomic E-state index is 11.4. The van der Waals surface area contributed by atoms with Crippen molar-refractivity contribution in [2.24, 2.45) is 0 Å². The van der Waals surface area contributed by atoms with Gasteiger partial charge in [-0.05, 0) is 42.5 Å². The van der Waals surface area contributed by atoms with Crippen LogP contribution in [-0.2, 0) is 16.4 Å². The molecule has 1 N–H and O–H groups in total. The first-order valence-corrected chi connectivity index (χ1v) is 8.04. The molecule has 0 aliphatic carbocycles. The van der Waals surface area contributed by atoms with Crippen LogP contribution >= 0.6 is 11.6 Å². The molecule has 0 atom stereocenters. The van der Waals surface area contributed by atoms with Crippen LogP contribution in [0.5, 0.6) is 11.5 Å². The number of benzene rings is 2. The highest BCUT2D eigenvalue weighted by Crippen LogP contribution is 2.28. The Kier molecular flexibility index (Phi) is 4.32. The fraction of sp³-hybridized carbons (Fsp3) is 0.143. The molecule has 2 aromatic carbocycles. The summed E-state index contributed by atoms with van der Waals surface area (Å²) in [7, 11) is -3.22. The Morgan fingerprint density at radius 3 is 2.35 bits per heavy atom. The van der Waals surface area contributed by atoms with Gasteiger partial charge < -0.3 is 9.84 Å². The van der Waals surface area contributed by atoms with Crippen LogP contribution in [0.2, 0.25) is 5.02 Å². The molecule has 2 aromatic rings. The summed E-state index contributed by atoms with van der Waals surface area (Å²) in [6.45, 7) is -0.197. The first-order chi connectivity index (χ1) is 9.40. The zero-order valence-corrected chi connectivity index (χ0v) is 12.3. The van der Waals surface area contributed by atoms with Crippen molar-refractivity contribution in [3.05, 3.63) is 53.1 Å². The predicted molar refractivity (Wildman–Crippen MR) is 77.0 cm³/mol. The number of aliphatic hydroxyl groups excluding tert-OH is 1. The van der Waals surface area contributed by atoms with Crippen LogP contribution in [0.1, 0.15) is 5.56 Å². The Bertz CT molecular complexity index is 708. The third kappa shape index (κ3) is 3.50. The molecule has 0 spiro atoms. The van der Waals surface area contributed by atoms with Crippen LogP contribution in [0.25, 0.3) is 0 Å². The van der Waals surface area contributed by atoms with Crippen LogP contribution < -0.4 is 4.74 Å². The average Bonchev–Trinajstić information content (AvgIpc) is 2.40. The first kappa shape index (κ1) is 14.8. The summed E-state index contributed by atoms with van der Waals surface area (Å²) in [4.78, 5) is 0.225. The van der Waals surface area contributed by atoms with Crippen LogP contribution in [0.15, 0.2) is 47.4 Å². The minimum absolute atomic E-state index is 0.197. The highest BCUT2D eigenvalue weighted by Gasteiger charge is 2.08. The molecule has 0 aromatic heterocycles. The van der Waals surface area contributed by atoms with Crippen molar-refractivity contribution < 1.29 is 18.3 Å². The Morgan fingerprint density at radius 1 is 1.15 bits per heavy atom. The number of rotatable bonds is 4. The summed E-state index contributed by atoms with van der Waals surface area (Å²) in [6, 6.07) is 11.0. The van der Waals surface area contributed by atoms with Crippen molar-refractivity contribution in [2.45, 2.75) is 11.5 Å². The van der Waals surface area contributed by atoms with Crippen LogP contribution in [0.4, 0.5) is 0 Å². The van der Waals surface area contributed by atoms with E-state index in [0.29, 0.717) is 22.1 Å². The van der Waals surface area contributed by atoms with E-state index in [9.17, 15) is 13.5 Å². The molecule has 20 heavy (non-hydrogen) atoms. The summed E-state index contributed by atoms with van der Waals surface area (Å²) >= 11 is 5.84.